The van der Waals surface area contributed by atoms with Crippen LogP contribution in [0.15, 0.2) is 48.1 Å². The maximum absolute atomic E-state index is 12.2. The zero-order valence-electron chi connectivity index (χ0n) is 14.5. The van der Waals surface area contributed by atoms with Crippen molar-refractivity contribution in [2.24, 2.45) is 5.92 Å². The molecular weight excluding hydrogens is 300 g/mol. The molecule has 0 aromatic carbocycles. The molecule has 24 heavy (non-hydrogen) atoms. The Morgan fingerprint density at radius 3 is 2.67 bits per heavy atom. The molecule has 2 aliphatic rings. The number of carbonyl (C=O) groups excluding carboxylic acids is 1. The van der Waals surface area contributed by atoms with E-state index in [9.17, 15) is 4.79 Å². The Hall–Kier alpha value is -1.65. The Bertz CT molecular complexity index is 494. The monoisotopic (exact) mass is 330 g/mol. The third-order valence-corrected chi connectivity index (χ3v) is 4.35. The van der Waals surface area contributed by atoms with E-state index >= 15 is 0 Å². The second kappa shape index (κ2) is 11.0. The summed E-state index contributed by atoms with van der Waals surface area (Å²) < 4.78 is 0. The normalized spacial score (nSPS) is 16.3. The molecule has 0 aromatic heterocycles. The summed E-state index contributed by atoms with van der Waals surface area (Å²) in [4.78, 5) is 14.5. The molecule has 0 bridgehead atoms. The highest BCUT2D eigenvalue weighted by atomic mass is 16.2. The summed E-state index contributed by atoms with van der Waals surface area (Å²) in [5.74, 6) is 0.515. The number of rotatable bonds is 12. The van der Waals surface area contributed by atoms with Gasteiger partial charge in [0.2, 0.25) is 5.91 Å². The van der Waals surface area contributed by atoms with Gasteiger partial charge in [0.1, 0.15) is 0 Å². The summed E-state index contributed by atoms with van der Waals surface area (Å²) in [5, 5.41) is 11.8. The number of nitrogens with zero attached hydrogens (tertiary/aromatic N) is 1. The number of allylic oxidation sites excluding steroid dienone is 5. The van der Waals surface area contributed by atoms with Gasteiger partial charge in [0.05, 0.1) is 6.54 Å². The van der Waals surface area contributed by atoms with Gasteiger partial charge in [-0.3, -0.25) is 9.69 Å². The van der Waals surface area contributed by atoms with Crippen LogP contribution in [0.25, 0.3) is 0 Å². The fourth-order valence-electron chi connectivity index (χ4n) is 3.06. The Morgan fingerprint density at radius 2 is 1.96 bits per heavy atom. The molecule has 2 aliphatic carbocycles. The van der Waals surface area contributed by atoms with Crippen LogP contribution in [0, 0.1) is 5.92 Å². The van der Waals surface area contributed by atoms with E-state index in [4.69, 9.17) is 5.11 Å². The zero-order chi connectivity index (χ0) is 17.0. The quantitative estimate of drug-likeness (QED) is 0.541. The molecule has 0 aromatic rings. The first-order valence-electron chi connectivity index (χ1n) is 9.07. The van der Waals surface area contributed by atoms with Crippen molar-refractivity contribution in [3.8, 4) is 0 Å². The van der Waals surface area contributed by atoms with Crippen molar-refractivity contribution in [2.45, 2.75) is 32.1 Å². The average Bonchev–Trinajstić information content (AvgIpc) is 3.24. The zero-order valence-corrected chi connectivity index (χ0v) is 14.5. The van der Waals surface area contributed by atoms with Gasteiger partial charge in [-0.1, -0.05) is 60.9 Å². The maximum atomic E-state index is 12.2. The topological polar surface area (TPSA) is 52.6 Å². The SMILES string of the molecule is O=C(CN(CC1=CC=CC1)CC1C=CC=C1)NCCCCCCO. The van der Waals surface area contributed by atoms with Gasteiger partial charge >= 0.3 is 0 Å². The van der Waals surface area contributed by atoms with Gasteiger partial charge in [0.15, 0.2) is 0 Å². The summed E-state index contributed by atoms with van der Waals surface area (Å²) >= 11 is 0. The summed E-state index contributed by atoms with van der Waals surface area (Å²) in [5.41, 5.74) is 1.37. The van der Waals surface area contributed by atoms with Crippen LogP contribution >= 0.6 is 0 Å². The molecule has 4 heteroatoms. The Balaban J connectivity index is 1.70. The molecule has 132 valence electrons. The highest BCUT2D eigenvalue weighted by Crippen LogP contribution is 2.15. The molecular formula is C20H30N2O2. The molecule has 0 aliphatic heterocycles. The van der Waals surface area contributed by atoms with Crippen LogP contribution in [0.5, 0.6) is 0 Å². The summed E-state index contributed by atoms with van der Waals surface area (Å²) in [7, 11) is 0. The highest BCUT2D eigenvalue weighted by molar-refractivity contribution is 5.78. The molecule has 0 saturated carbocycles. The number of carbonyl (C=O) groups is 1. The van der Waals surface area contributed by atoms with Gasteiger partial charge in [-0.15, -0.1) is 0 Å². The third-order valence-electron chi connectivity index (χ3n) is 4.35. The second-order valence-corrected chi connectivity index (χ2v) is 6.55. The molecule has 2 rings (SSSR count). The number of aliphatic hydroxyl groups is 1. The van der Waals surface area contributed by atoms with Crippen molar-refractivity contribution >= 4 is 5.91 Å². The Kier molecular flexibility index (Phi) is 8.56. The van der Waals surface area contributed by atoms with Crippen molar-refractivity contribution < 1.29 is 9.90 Å². The van der Waals surface area contributed by atoms with Crippen LogP contribution in [-0.2, 0) is 4.79 Å². The van der Waals surface area contributed by atoms with E-state index in [2.05, 4.69) is 52.7 Å². The smallest absolute Gasteiger partial charge is 0.234 e. The van der Waals surface area contributed by atoms with E-state index in [0.717, 1.165) is 51.7 Å². The first-order chi connectivity index (χ1) is 11.8. The molecule has 4 nitrogen and oxygen atoms in total. The van der Waals surface area contributed by atoms with E-state index in [1.165, 1.54) is 5.57 Å². The molecule has 0 saturated heterocycles. The van der Waals surface area contributed by atoms with E-state index in [0.29, 0.717) is 12.5 Å². The molecule has 0 radical (unpaired) electrons. The Morgan fingerprint density at radius 1 is 1.17 bits per heavy atom. The molecule has 2 N–H and O–H groups in total. The van der Waals surface area contributed by atoms with Gasteiger partial charge in [-0.2, -0.15) is 0 Å². The van der Waals surface area contributed by atoms with Crippen LogP contribution < -0.4 is 5.32 Å². The molecule has 0 unspecified atom stereocenters. The maximum Gasteiger partial charge on any atom is 0.234 e. The standard InChI is InChI=1S/C20H30N2O2/c23-14-8-2-1-7-13-21-20(24)17-22(15-18-9-3-4-10-18)16-19-11-5-6-12-19/h3-6,9-11,18,23H,1-2,7-8,12-17H2,(H,21,24). The number of aliphatic hydroxyl groups excluding tert-OH is 1. The minimum Gasteiger partial charge on any atom is -0.396 e. The van der Waals surface area contributed by atoms with E-state index in [1.807, 2.05) is 0 Å². The molecule has 0 atom stereocenters. The van der Waals surface area contributed by atoms with Crippen molar-refractivity contribution in [1.82, 2.24) is 10.2 Å². The first-order valence-corrected chi connectivity index (χ1v) is 9.07. The number of nitrogens with one attached hydrogen (secondary N) is 1. The van der Waals surface area contributed by atoms with Crippen LogP contribution in [0.3, 0.4) is 0 Å². The number of unbranched alkanes of at least 4 members (excludes halogenated alkanes) is 3. The number of hydrogen-bond acceptors (Lipinski definition) is 3. The largest absolute Gasteiger partial charge is 0.396 e. The van der Waals surface area contributed by atoms with E-state index in [-0.39, 0.29) is 12.5 Å². The van der Waals surface area contributed by atoms with Gasteiger partial charge in [-0.05, 0) is 19.3 Å². The number of hydrogen-bond donors (Lipinski definition) is 2. The predicted octanol–water partition coefficient (Wildman–Crippen LogP) is 2.59. The minimum absolute atomic E-state index is 0.106. The lowest BCUT2D eigenvalue weighted by Gasteiger charge is -2.24. The van der Waals surface area contributed by atoms with E-state index in [1.54, 1.807) is 0 Å². The van der Waals surface area contributed by atoms with Gasteiger partial charge < -0.3 is 10.4 Å². The Labute approximate surface area is 145 Å². The minimum atomic E-state index is 0.106. The van der Waals surface area contributed by atoms with Crippen LogP contribution in [-0.4, -0.2) is 48.7 Å². The molecule has 0 spiro atoms. The summed E-state index contributed by atoms with van der Waals surface area (Å²) in [6.45, 7) is 3.18. The van der Waals surface area contributed by atoms with Gasteiger partial charge in [0, 0.05) is 32.2 Å². The second-order valence-electron chi connectivity index (χ2n) is 6.55. The summed E-state index contributed by atoms with van der Waals surface area (Å²) in [6, 6.07) is 0. The van der Waals surface area contributed by atoms with Crippen molar-refractivity contribution in [1.29, 1.82) is 0 Å². The lowest BCUT2D eigenvalue weighted by molar-refractivity contribution is -0.122. The van der Waals surface area contributed by atoms with Crippen molar-refractivity contribution in [3.63, 3.8) is 0 Å². The van der Waals surface area contributed by atoms with Gasteiger partial charge in [-0.25, -0.2) is 0 Å². The van der Waals surface area contributed by atoms with Crippen LogP contribution in [0.4, 0.5) is 0 Å². The molecule has 1 amide bonds. The average molecular weight is 330 g/mol. The van der Waals surface area contributed by atoms with Crippen molar-refractivity contribution in [2.75, 3.05) is 32.8 Å². The molecule has 0 heterocycles. The lowest BCUT2D eigenvalue weighted by Crippen LogP contribution is -2.40. The fourth-order valence-corrected chi connectivity index (χ4v) is 3.06. The fraction of sp³-hybridized carbons (Fsp3) is 0.550. The highest BCUT2D eigenvalue weighted by Gasteiger charge is 2.16. The lowest BCUT2D eigenvalue weighted by atomic mass is 10.1. The third kappa shape index (κ3) is 7.28. The molecule has 0 fully saturated rings. The van der Waals surface area contributed by atoms with E-state index < -0.39 is 0 Å². The van der Waals surface area contributed by atoms with Crippen molar-refractivity contribution in [3.05, 3.63) is 48.1 Å². The first kappa shape index (κ1) is 18.7. The van der Waals surface area contributed by atoms with Gasteiger partial charge in [0.25, 0.3) is 0 Å². The van der Waals surface area contributed by atoms with Crippen LogP contribution in [0.1, 0.15) is 32.1 Å². The van der Waals surface area contributed by atoms with Crippen LogP contribution in [0.2, 0.25) is 0 Å². The number of amides is 1. The predicted molar refractivity (Wildman–Crippen MR) is 98.6 cm³/mol. The summed E-state index contributed by atoms with van der Waals surface area (Å²) in [6.07, 6.45) is 19.9.